The monoisotopic (exact) mass is 192 g/mol. The van der Waals surface area contributed by atoms with Crippen molar-refractivity contribution in [3.63, 3.8) is 0 Å². The minimum Gasteiger partial charge on any atom is -0.352 e. The number of hydrogen-bond acceptors (Lipinski definition) is 2. The molecule has 0 aliphatic heterocycles. The molecule has 0 bridgehead atoms. The van der Waals surface area contributed by atoms with Crippen LogP contribution in [0.1, 0.15) is 24.3 Å². The zero-order valence-electron chi connectivity index (χ0n) is 8.91. The molecule has 1 aromatic rings. The Morgan fingerprint density at radius 3 is 2.43 bits per heavy atom. The zero-order valence-corrected chi connectivity index (χ0v) is 8.91. The second-order valence-electron chi connectivity index (χ2n) is 3.21. The first-order valence-electron chi connectivity index (χ1n) is 4.50. The van der Waals surface area contributed by atoms with Gasteiger partial charge in [-0.05, 0) is 18.6 Å². The molecule has 0 amide bonds. The lowest BCUT2D eigenvalue weighted by atomic mass is 10.1. The van der Waals surface area contributed by atoms with E-state index >= 15 is 0 Å². The maximum absolute atomic E-state index is 5.17. The average Bonchev–Trinajstić information content (AvgIpc) is 2.20. The number of ether oxygens (including phenoxy) is 2. The summed E-state index contributed by atoms with van der Waals surface area (Å²) in [5, 5.41) is 0. The first kappa shape index (κ1) is 11.0. The molecule has 0 saturated carbocycles. The van der Waals surface area contributed by atoms with Crippen molar-refractivity contribution >= 4 is 5.57 Å². The van der Waals surface area contributed by atoms with Gasteiger partial charge in [0.25, 0.3) is 0 Å². The first-order valence-corrected chi connectivity index (χ1v) is 4.50. The summed E-state index contributed by atoms with van der Waals surface area (Å²) in [6.45, 7) is 5.88. The number of rotatable bonds is 4. The van der Waals surface area contributed by atoms with Crippen LogP contribution in [0.25, 0.3) is 5.57 Å². The molecule has 2 heteroatoms. The van der Waals surface area contributed by atoms with Crippen LogP contribution in [0.3, 0.4) is 0 Å². The number of allylic oxidation sites excluding steroid dienone is 1. The molecule has 0 unspecified atom stereocenters. The van der Waals surface area contributed by atoms with Crippen molar-refractivity contribution in [3.8, 4) is 0 Å². The van der Waals surface area contributed by atoms with Crippen LogP contribution in [0.15, 0.2) is 30.8 Å². The van der Waals surface area contributed by atoms with E-state index in [9.17, 15) is 0 Å². The third-order valence-corrected chi connectivity index (χ3v) is 2.08. The summed E-state index contributed by atoms with van der Waals surface area (Å²) in [7, 11) is 3.25. The molecule has 0 aliphatic rings. The highest BCUT2D eigenvalue weighted by molar-refractivity contribution is 5.61. The molecular formula is C12H16O2. The largest absolute Gasteiger partial charge is 0.352 e. The Morgan fingerprint density at radius 2 is 1.93 bits per heavy atom. The summed E-state index contributed by atoms with van der Waals surface area (Å²) < 4.78 is 10.3. The fraction of sp³-hybridized carbons (Fsp3) is 0.333. The van der Waals surface area contributed by atoms with Crippen molar-refractivity contribution in [2.45, 2.75) is 13.2 Å². The van der Waals surface area contributed by atoms with Gasteiger partial charge in [-0.3, -0.25) is 0 Å². The van der Waals surface area contributed by atoms with Crippen LogP contribution in [0.5, 0.6) is 0 Å². The Bertz CT molecular complexity index is 314. The quantitative estimate of drug-likeness (QED) is 0.683. The van der Waals surface area contributed by atoms with Crippen LogP contribution in [-0.4, -0.2) is 14.2 Å². The molecule has 0 fully saturated rings. The highest BCUT2D eigenvalue weighted by atomic mass is 16.7. The Balaban J connectivity index is 2.98. The first-order chi connectivity index (χ1) is 6.69. The van der Waals surface area contributed by atoms with Gasteiger partial charge in [-0.25, -0.2) is 0 Å². The molecule has 76 valence electrons. The average molecular weight is 192 g/mol. The highest BCUT2D eigenvalue weighted by Gasteiger charge is 2.08. The molecule has 0 radical (unpaired) electrons. The summed E-state index contributed by atoms with van der Waals surface area (Å²) in [5.74, 6) is 0. The number of hydrogen-bond donors (Lipinski definition) is 0. The van der Waals surface area contributed by atoms with Gasteiger partial charge in [-0.15, -0.1) is 0 Å². The lowest BCUT2D eigenvalue weighted by Gasteiger charge is -2.14. The van der Waals surface area contributed by atoms with Gasteiger partial charge in [-0.1, -0.05) is 30.4 Å². The number of methoxy groups -OCH3 is 2. The maximum atomic E-state index is 5.17. The van der Waals surface area contributed by atoms with E-state index in [0.717, 1.165) is 16.7 Å². The molecule has 0 aliphatic carbocycles. The lowest BCUT2D eigenvalue weighted by molar-refractivity contribution is -0.106. The van der Waals surface area contributed by atoms with Crippen LogP contribution in [0.2, 0.25) is 0 Å². The van der Waals surface area contributed by atoms with E-state index in [1.54, 1.807) is 14.2 Å². The van der Waals surface area contributed by atoms with Crippen LogP contribution in [0.4, 0.5) is 0 Å². The third-order valence-electron chi connectivity index (χ3n) is 2.08. The minimum atomic E-state index is -0.297. The second kappa shape index (κ2) is 4.94. The topological polar surface area (TPSA) is 18.5 Å². The minimum absolute atomic E-state index is 0.297. The molecule has 1 aromatic carbocycles. The van der Waals surface area contributed by atoms with Gasteiger partial charge in [0.1, 0.15) is 0 Å². The molecule has 2 nitrogen and oxygen atoms in total. The summed E-state index contributed by atoms with van der Waals surface area (Å²) in [6, 6.07) is 8.00. The van der Waals surface area contributed by atoms with Crippen LogP contribution in [0, 0.1) is 0 Å². The molecule has 0 saturated heterocycles. The standard InChI is InChI=1S/C12H16O2/c1-9(2)10-6-5-7-11(8-10)12(13-3)14-4/h5-8,12H,1H2,2-4H3. The van der Waals surface area contributed by atoms with E-state index in [0.29, 0.717) is 0 Å². The van der Waals surface area contributed by atoms with Crippen LogP contribution in [-0.2, 0) is 9.47 Å². The van der Waals surface area contributed by atoms with Crippen molar-refractivity contribution in [3.05, 3.63) is 42.0 Å². The SMILES string of the molecule is C=C(C)c1cccc(C(OC)OC)c1. The van der Waals surface area contributed by atoms with Gasteiger partial charge in [0.05, 0.1) is 0 Å². The molecule has 0 heterocycles. The van der Waals surface area contributed by atoms with Gasteiger partial charge in [0.2, 0.25) is 0 Å². The van der Waals surface area contributed by atoms with E-state index in [1.165, 1.54) is 0 Å². The molecule has 0 N–H and O–H groups in total. The van der Waals surface area contributed by atoms with Crippen LogP contribution >= 0.6 is 0 Å². The summed E-state index contributed by atoms with van der Waals surface area (Å²) in [5.41, 5.74) is 3.16. The zero-order chi connectivity index (χ0) is 10.6. The third kappa shape index (κ3) is 2.44. The lowest BCUT2D eigenvalue weighted by Crippen LogP contribution is -2.03. The molecule has 0 spiro atoms. The molecule has 0 aromatic heterocycles. The van der Waals surface area contributed by atoms with E-state index in [4.69, 9.17) is 9.47 Å². The predicted octanol–water partition coefficient (Wildman–Crippen LogP) is 3.01. The number of benzene rings is 1. The molecular weight excluding hydrogens is 176 g/mol. The highest BCUT2D eigenvalue weighted by Crippen LogP contribution is 2.21. The predicted molar refractivity (Wildman–Crippen MR) is 57.9 cm³/mol. The van der Waals surface area contributed by atoms with E-state index in [-0.39, 0.29) is 6.29 Å². The van der Waals surface area contributed by atoms with E-state index in [1.807, 2.05) is 31.2 Å². The van der Waals surface area contributed by atoms with Crippen molar-refractivity contribution < 1.29 is 9.47 Å². The molecule has 0 atom stereocenters. The smallest absolute Gasteiger partial charge is 0.183 e. The Kier molecular flexibility index (Phi) is 3.86. The van der Waals surface area contributed by atoms with Gasteiger partial charge in [-0.2, -0.15) is 0 Å². The maximum Gasteiger partial charge on any atom is 0.183 e. The Hall–Kier alpha value is -1.12. The van der Waals surface area contributed by atoms with Crippen molar-refractivity contribution in [2.75, 3.05) is 14.2 Å². The van der Waals surface area contributed by atoms with Gasteiger partial charge >= 0.3 is 0 Å². The van der Waals surface area contributed by atoms with Gasteiger partial charge < -0.3 is 9.47 Å². The van der Waals surface area contributed by atoms with Crippen molar-refractivity contribution in [1.29, 1.82) is 0 Å². The van der Waals surface area contributed by atoms with Gasteiger partial charge in [0.15, 0.2) is 6.29 Å². The normalized spacial score (nSPS) is 10.6. The Morgan fingerprint density at radius 1 is 1.29 bits per heavy atom. The fourth-order valence-corrected chi connectivity index (χ4v) is 1.32. The van der Waals surface area contributed by atoms with E-state index in [2.05, 4.69) is 6.58 Å². The van der Waals surface area contributed by atoms with Crippen molar-refractivity contribution in [1.82, 2.24) is 0 Å². The van der Waals surface area contributed by atoms with E-state index < -0.39 is 0 Å². The fourth-order valence-electron chi connectivity index (χ4n) is 1.32. The Labute approximate surface area is 85.2 Å². The van der Waals surface area contributed by atoms with Crippen molar-refractivity contribution in [2.24, 2.45) is 0 Å². The molecule has 14 heavy (non-hydrogen) atoms. The van der Waals surface area contributed by atoms with Crippen LogP contribution < -0.4 is 0 Å². The van der Waals surface area contributed by atoms with Gasteiger partial charge in [0, 0.05) is 19.8 Å². The summed E-state index contributed by atoms with van der Waals surface area (Å²) >= 11 is 0. The molecule has 1 rings (SSSR count). The summed E-state index contributed by atoms with van der Waals surface area (Å²) in [4.78, 5) is 0. The second-order valence-corrected chi connectivity index (χ2v) is 3.21. The summed E-state index contributed by atoms with van der Waals surface area (Å²) in [6.07, 6.45) is -0.297.